The van der Waals surface area contributed by atoms with Crippen molar-refractivity contribution in [1.82, 2.24) is 10.2 Å². The maximum atomic E-state index is 12.8. The second-order valence-electron chi connectivity index (χ2n) is 7.30. The van der Waals surface area contributed by atoms with E-state index in [9.17, 15) is 14.4 Å². The Labute approximate surface area is 167 Å². The summed E-state index contributed by atoms with van der Waals surface area (Å²) in [7, 11) is 0. The molecule has 3 aromatic rings. The van der Waals surface area contributed by atoms with Crippen molar-refractivity contribution in [2.45, 2.75) is 25.4 Å². The number of fused-ring (bicyclic) bond motifs is 1. The molecule has 1 saturated heterocycles. The van der Waals surface area contributed by atoms with Crippen molar-refractivity contribution in [2.24, 2.45) is 0 Å². The molecule has 2 aromatic carbocycles. The highest BCUT2D eigenvalue weighted by molar-refractivity contribution is 6.05. The van der Waals surface area contributed by atoms with Gasteiger partial charge in [0.1, 0.15) is 11.8 Å². The predicted molar refractivity (Wildman–Crippen MR) is 106 cm³/mol. The molecule has 1 fully saturated rings. The van der Waals surface area contributed by atoms with Gasteiger partial charge in [0.15, 0.2) is 0 Å². The number of furan rings is 1. The second kappa shape index (κ2) is 6.74. The highest BCUT2D eigenvalue weighted by Gasteiger charge is 2.39. The normalized spacial score (nSPS) is 18.7. The molecule has 3 heterocycles. The molecule has 2 aliphatic rings. The third kappa shape index (κ3) is 2.93. The van der Waals surface area contributed by atoms with Crippen LogP contribution in [0, 0.1) is 0 Å². The molecule has 0 bridgehead atoms. The third-order valence-corrected chi connectivity index (χ3v) is 5.54. The highest BCUT2D eigenvalue weighted by atomic mass is 16.3. The highest BCUT2D eigenvalue weighted by Crippen LogP contribution is 2.36. The van der Waals surface area contributed by atoms with Gasteiger partial charge < -0.3 is 9.32 Å². The van der Waals surface area contributed by atoms with E-state index in [2.05, 4.69) is 5.32 Å². The quantitative estimate of drug-likeness (QED) is 0.700. The van der Waals surface area contributed by atoms with E-state index in [1.807, 2.05) is 48.5 Å². The van der Waals surface area contributed by atoms with Crippen LogP contribution in [0.1, 0.15) is 28.8 Å². The number of nitrogens with zero attached hydrogens (tertiary/aromatic N) is 1. The van der Waals surface area contributed by atoms with Crippen LogP contribution in [0.5, 0.6) is 0 Å². The molecule has 3 amide bonds. The molecule has 5 rings (SSSR count). The minimum absolute atomic E-state index is 0.177. The van der Waals surface area contributed by atoms with Crippen LogP contribution in [0.25, 0.3) is 22.5 Å². The lowest BCUT2D eigenvalue weighted by atomic mass is 9.99. The molecule has 144 valence electrons. The van der Waals surface area contributed by atoms with E-state index in [-0.39, 0.29) is 18.2 Å². The number of imide groups is 1. The number of piperidine rings is 1. The van der Waals surface area contributed by atoms with Gasteiger partial charge in [-0.05, 0) is 35.7 Å². The zero-order valence-electron chi connectivity index (χ0n) is 15.6. The summed E-state index contributed by atoms with van der Waals surface area (Å²) >= 11 is 0. The van der Waals surface area contributed by atoms with Crippen LogP contribution >= 0.6 is 0 Å². The average molecular weight is 386 g/mol. The number of hydrogen-bond donors (Lipinski definition) is 1. The Kier molecular flexibility index (Phi) is 4.05. The molecule has 1 atom stereocenters. The van der Waals surface area contributed by atoms with E-state index in [1.165, 1.54) is 0 Å². The van der Waals surface area contributed by atoms with Crippen molar-refractivity contribution < 1.29 is 18.8 Å². The summed E-state index contributed by atoms with van der Waals surface area (Å²) in [6, 6.07) is 16.9. The minimum atomic E-state index is -0.612. The largest absolute Gasteiger partial charge is 0.464 e. The molecule has 29 heavy (non-hydrogen) atoms. The monoisotopic (exact) mass is 386 g/mol. The van der Waals surface area contributed by atoms with Gasteiger partial charge in [-0.2, -0.15) is 0 Å². The minimum Gasteiger partial charge on any atom is -0.464 e. The van der Waals surface area contributed by atoms with Crippen LogP contribution in [-0.4, -0.2) is 28.7 Å². The van der Waals surface area contributed by atoms with Gasteiger partial charge in [0.2, 0.25) is 11.8 Å². The van der Waals surface area contributed by atoms with Crippen LogP contribution in [-0.2, 0) is 16.1 Å². The lowest BCUT2D eigenvalue weighted by Gasteiger charge is -2.29. The summed E-state index contributed by atoms with van der Waals surface area (Å²) in [6.07, 6.45) is 2.26. The number of carbonyl (C=O) groups excluding carboxylic acids is 3. The first-order valence-electron chi connectivity index (χ1n) is 9.52. The lowest BCUT2D eigenvalue weighted by molar-refractivity contribution is -0.136. The first kappa shape index (κ1) is 17.4. The standard InChI is InChI=1S/C23H18N2O4/c26-20-9-8-19(22(27)24-20)25-13-16-12-15(6-7-18(16)23(25)28)21-17(10-11-29-21)14-4-2-1-3-5-14/h1-7,10-12,19H,8-9,13H2,(H,24,26,27). The molecule has 0 radical (unpaired) electrons. The van der Waals surface area contributed by atoms with Crippen LogP contribution in [0.15, 0.2) is 65.3 Å². The van der Waals surface area contributed by atoms with Crippen LogP contribution in [0.4, 0.5) is 0 Å². The Balaban J connectivity index is 1.47. The molecule has 6 nitrogen and oxygen atoms in total. The Bertz CT molecular complexity index is 1130. The fourth-order valence-electron chi connectivity index (χ4n) is 4.09. The van der Waals surface area contributed by atoms with E-state index in [0.717, 1.165) is 28.0 Å². The molecule has 0 aliphatic carbocycles. The van der Waals surface area contributed by atoms with Crippen LogP contribution < -0.4 is 5.32 Å². The van der Waals surface area contributed by atoms with Crippen molar-refractivity contribution in [2.75, 3.05) is 0 Å². The Hall–Kier alpha value is -3.67. The van der Waals surface area contributed by atoms with Crippen LogP contribution in [0.2, 0.25) is 0 Å². The molecule has 6 heteroatoms. The van der Waals surface area contributed by atoms with Gasteiger partial charge in [0, 0.05) is 29.7 Å². The summed E-state index contributed by atoms with van der Waals surface area (Å²) in [5, 5.41) is 2.33. The summed E-state index contributed by atoms with van der Waals surface area (Å²) in [6.45, 7) is 0.343. The fourth-order valence-corrected chi connectivity index (χ4v) is 4.09. The molecule has 1 unspecified atom stereocenters. The summed E-state index contributed by atoms with van der Waals surface area (Å²) in [5.41, 5.74) is 4.36. The van der Waals surface area contributed by atoms with Crippen molar-refractivity contribution in [3.63, 3.8) is 0 Å². The smallest absolute Gasteiger partial charge is 0.255 e. The number of rotatable bonds is 3. The molecule has 1 aromatic heterocycles. The SMILES string of the molecule is O=C1CCC(N2Cc3cc(-c4occc4-c4ccccc4)ccc3C2=O)C(=O)N1. The fraction of sp³-hybridized carbons (Fsp3) is 0.174. The lowest BCUT2D eigenvalue weighted by Crippen LogP contribution is -2.52. The van der Waals surface area contributed by atoms with Gasteiger partial charge >= 0.3 is 0 Å². The predicted octanol–water partition coefficient (Wildman–Crippen LogP) is 3.37. The number of hydrogen-bond acceptors (Lipinski definition) is 4. The molecular weight excluding hydrogens is 368 g/mol. The van der Waals surface area contributed by atoms with E-state index in [4.69, 9.17) is 4.42 Å². The number of carbonyl (C=O) groups is 3. The van der Waals surface area contributed by atoms with Crippen LogP contribution in [0.3, 0.4) is 0 Å². The first-order chi connectivity index (χ1) is 14.1. The Morgan fingerprint density at radius 1 is 0.931 bits per heavy atom. The summed E-state index contributed by atoms with van der Waals surface area (Å²) < 4.78 is 5.76. The first-order valence-corrected chi connectivity index (χ1v) is 9.52. The van der Waals surface area contributed by atoms with E-state index < -0.39 is 11.9 Å². The Morgan fingerprint density at radius 2 is 1.76 bits per heavy atom. The van der Waals surface area contributed by atoms with Gasteiger partial charge in [-0.3, -0.25) is 19.7 Å². The summed E-state index contributed by atoms with van der Waals surface area (Å²) in [4.78, 5) is 38.0. The van der Waals surface area contributed by atoms with Crippen molar-refractivity contribution in [3.05, 3.63) is 72.0 Å². The van der Waals surface area contributed by atoms with Gasteiger partial charge in [-0.1, -0.05) is 36.4 Å². The number of nitrogens with one attached hydrogen (secondary N) is 1. The number of amides is 3. The molecule has 0 spiro atoms. The van der Waals surface area contributed by atoms with Crippen molar-refractivity contribution in [3.8, 4) is 22.5 Å². The average Bonchev–Trinajstić information content (AvgIpc) is 3.34. The van der Waals surface area contributed by atoms with Gasteiger partial charge in [0.05, 0.1) is 6.26 Å². The molecule has 0 saturated carbocycles. The van der Waals surface area contributed by atoms with Gasteiger partial charge in [-0.25, -0.2) is 0 Å². The van der Waals surface area contributed by atoms with E-state index in [0.29, 0.717) is 18.5 Å². The maximum absolute atomic E-state index is 12.8. The maximum Gasteiger partial charge on any atom is 0.255 e. The topological polar surface area (TPSA) is 79.6 Å². The molecule has 1 N–H and O–H groups in total. The van der Waals surface area contributed by atoms with Crippen molar-refractivity contribution in [1.29, 1.82) is 0 Å². The molecular formula is C23H18N2O4. The molecule has 2 aliphatic heterocycles. The van der Waals surface area contributed by atoms with Gasteiger partial charge in [-0.15, -0.1) is 0 Å². The third-order valence-electron chi connectivity index (χ3n) is 5.54. The van der Waals surface area contributed by atoms with Gasteiger partial charge in [0.25, 0.3) is 5.91 Å². The summed E-state index contributed by atoms with van der Waals surface area (Å²) in [5.74, 6) is -0.126. The van der Waals surface area contributed by atoms with Crippen molar-refractivity contribution >= 4 is 17.7 Å². The Morgan fingerprint density at radius 3 is 2.55 bits per heavy atom. The second-order valence-corrected chi connectivity index (χ2v) is 7.30. The van der Waals surface area contributed by atoms with E-state index in [1.54, 1.807) is 17.2 Å². The number of benzene rings is 2. The zero-order valence-corrected chi connectivity index (χ0v) is 15.6. The van der Waals surface area contributed by atoms with E-state index >= 15 is 0 Å². The zero-order chi connectivity index (χ0) is 20.0.